The molecule has 0 radical (unpaired) electrons. The van der Waals surface area contributed by atoms with Gasteiger partial charge in [0.1, 0.15) is 5.82 Å². The third-order valence-electron chi connectivity index (χ3n) is 4.78. The van der Waals surface area contributed by atoms with Crippen molar-refractivity contribution in [3.63, 3.8) is 0 Å². The fourth-order valence-corrected chi connectivity index (χ4v) is 3.25. The van der Waals surface area contributed by atoms with Gasteiger partial charge in [0.05, 0.1) is 11.1 Å². The van der Waals surface area contributed by atoms with E-state index in [1.807, 2.05) is 4.90 Å². The number of benzene rings is 1. The first-order valence-electron chi connectivity index (χ1n) is 9.41. The molecule has 1 aromatic heterocycles. The van der Waals surface area contributed by atoms with Crippen LogP contribution in [0.4, 0.5) is 4.39 Å². The highest BCUT2D eigenvalue weighted by molar-refractivity contribution is 5.99. The van der Waals surface area contributed by atoms with E-state index in [9.17, 15) is 14.0 Å². The van der Waals surface area contributed by atoms with Crippen LogP contribution in [0.15, 0.2) is 42.7 Å². The van der Waals surface area contributed by atoms with E-state index in [2.05, 4.69) is 10.3 Å². The lowest BCUT2D eigenvalue weighted by Crippen LogP contribution is -2.32. The molecule has 5 nitrogen and oxygen atoms in total. The average molecular weight is 369 g/mol. The molecule has 1 aliphatic rings. The van der Waals surface area contributed by atoms with Crippen LogP contribution in [-0.4, -0.2) is 41.3 Å². The van der Waals surface area contributed by atoms with E-state index >= 15 is 0 Å². The largest absolute Gasteiger partial charge is 0.352 e. The molecule has 2 amide bonds. The predicted octanol–water partition coefficient (Wildman–Crippen LogP) is 3.21. The number of nitrogens with zero attached hydrogens (tertiary/aromatic N) is 2. The fourth-order valence-electron chi connectivity index (χ4n) is 3.25. The molecule has 0 saturated carbocycles. The minimum Gasteiger partial charge on any atom is -0.352 e. The number of amides is 2. The number of aromatic nitrogens is 1. The summed E-state index contributed by atoms with van der Waals surface area (Å²) in [5.41, 5.74) is 1.32. The van der Waals surface area contributed by atoms with E-state index in [0.29, 0.717) is 29.7 Å². The molecule has 1 saturated heterocycles. The number of halogens is 1. The molecule has 1 aromatic carbocycles. The molecule has 1 N–H and O–H groups in total. The van der Waals surface area contributed by atoms with Gasteiger partial charge in [0.15, 0.2) is 0 Å². The molecular formula is C21H24FN3O2. The lowest BCUT2D eigenvalue weighted by atomic mass is 10.1. The second-order valence-electron chi connectivity index (χ2n) is 6.77. The van der Waals surface area contributed by atoms with Crippen LogP contribution in [-0.2, 0) is 6.42 Å². The first-order valence-corrected chi connectivity index (χ1v) is 9.41. The van der Waals surface area contributed by atoms with Gasteiger partial charge < -0.3 is 10.2 Å². The van der Waals surface area contributed by atoms with Gasteiger partial charge in [0, 0.05) is 32.0 Å². The summed E-state index contributed by atoms with van der Waals surface area (Å²) in [6.07, 6.45) is 7.66. The van der Waals surface area contributed by atoms with Crippen LogP contribution in [0.1, 0.15) is 52.0 Å². The maximum absolute atomic E-state index is 13.6. The van der Waals surface area contributed by atoms with Crippen LogP contribution >= 0.6 is 0 Å². The maximum Gasteiger partial charge on any atom is 0.255 e. The third-order valence-corrected chi connectivity index (χ3v) is 4.78. The number of likely N-dealkylation sites (tertiary alicyclic amines) is 1. The normalized spacial score (nSPS) is 14.5. The summed E-state index contributed by atoms with van der Waals surface area (Å²) in [7, 11) is 0. The van der Waals surface area contributed by atoms with Gasteiger partial charge in [-0.25, -0.2) is 4.39 Å². The van der Waals surface area contributed by atoms with Gasteiger partial charge in [-0.15, -0.1) is 0 Å². The SMILES string of the molecule is O=C(NCCc1ccccc1F)c1cncc(C(=O)N2CCCCCC2)c1. The molecule has 0 spiro atoms. The Hall–Kier alpha value is -2.76. The predicted molar refractivity (Wildman–Crippen MR) is 101 cm³/mol. The van der Waals surface area contributed by atoms with Gasteiger partial charge in [0.25, 0.3) is 11.8 Å². The van der Waals surface area contributed by atoms with Gasteiger partial charge in [-0.3, -0.25) is 14.6 Å². The number of carbonyl (C=O) groups is 2. The topological polar surface area (TPSA) is 62.3 Å². The summed E-state index contributed by atoms with van der Waals surface area (Å²) in [6.45, 7) is 1.81. The minimum absolute atomic E-state index is 0.0783. The highest BCUT2D eigenvalue weighted by Crippen LogP contribution is 2.14. The number of pyridine rings is 1. The monoisotopic (exact) mass is 369 g/mol. The lowest BCUT2D eigenvalue weighted by Gasteiger charge is -2.20. The van der Waals surface area contributed by atoms with E-state index in [1.54, 1.807) is 24.3 Å². The summed E-state index contributed by atoms with van der Waals surface area (Å²) in [4.78, 5) is 30.9. The Morgan fingerprint density at radius 3 is 2.48 bits per heavy atom. The number of hydrogen-bond acceptors (Lipinski definition) is 3. The summed E-state index contributed by atoms with van der Waals surface area (Å²) in [6, 6.07) is 8.08. The number of carbonyl (C=O) groups excluding carboxylic acids is 2. The van der Waals surface area contributed by atoms with Crippen molar-refractivity contribution in [2.75, 3.05) is 19.6 Å². The van der Waals surface area contributed by atoms with Crippen molar-refractivity contribution < 1.29 is 14.0 Å². The molecular weight excluding hydrogens is 345 g/mol. The molecule has 142 valence electrons. The lowest BCUT2D eigenvalue weighted by molar-refractivity contribution is 0.0761. The Bertz CT molecular complexity index is 802. The van der Waals surface area contributed by atoms with E-state index < -0.39 is 0 Å². The Labute approximate surface area is 158 Å². The molecule has 0 bridgehead atoms. The van der Waals surface area contributed by atoms with Crippen molar-refractivity contribution in [3.8, 4) is 0 Å². The fraction of sp³-hybridized carbons (Fsp3) is 0.381. The van der Waals surface area contributed by atoms with Crippen LogP contribution in [0.3, 0.4) is 0 Å². The molecule has 1 aliphatic heterocycles. The van der Waals surface area contributed by atoms with Crippen LogP contribution in [0.25, 0.3) is 0 Å². The van der Waals surface area contributed by atoms with Crippen LogP contribution in [0, 0.1) is 5.82 Å². The number of hydrogen-bond donors (Lipinski definition) is 1. The van der Waals surface area contributed by atoms with E-state index in [-0.39, 0.29) is 17.6 Å². The zero-order valence-corrected chi connectivity index (χ0v) is 15.3. The molecule has 0 atom stereocenters. The van der Waals surface area contributed by atoms with Crippen molar-refractivity contribution in [2.45, 2.75) is 32.1 Å². The second kappa shape index (κ2) is 9.26. The van der Waals surface area contributed by atoms with Crippen LogP contribution < -0.4 is 5.32 Å². The van der Waals surface area contributed by atoms with Crippen molar-refractivity contribution in [1.29, 1.82) is 0 Å². The summed E-state index contributed by atoms with van der Waals surface area (Å²) in [5.74, 6) is -0.673. The molecule has 3 rings (SSSR count). The Balaban J connectivity index is 1.59. The van der Waals surface area contributed by atoms with Crippen molar-refractivity contribution in [1.82, 2.24) is 15.2 Å². The first kappa shape index (κ1) is 19.0. The first-order chi connectivity index (χ1) is 13.1. The third kappa shape index (κ3) is 5.12. The van der Waals surface area contributed by atoms with Crippen LogP contribution in [0.2, 0.25) is 0 Å². The zero-order chi connectivity index (χ0) is 19.1. The Morgan fingerprint density at radius 1 is 1.04 bits per heavy atom. The number of rotatable bonds is 5. The van der Waals surface area contributed by atoms with Crippen molar-refractivity contribution in [2.24, 2.45) is 0 Å². The van der Waals surface area contributed by atoms with Gasteiger partial charge in [0.2, 0.25) is 0 Å². The van der Waals surface area contributed by atoms with Crippen molar-refractivity contribution >= 4 is 11.8 Å². The Morgan fingerprint density at radius 2 is 1.74 bits per heavy atom. The van der Waals surface area contributed by atoms with Gasteiger partial charge >= 0.3 is 0 Å². The van der Waals surface area contributed by atoms with Gasteiger partial charge in [-0.2, -0.15) is 0 Å². The summed E-state index contributed by atoms with van der Waals surface area (Å²) >= 11 is 0. The molecule has 1 fully saturated rings. The second-order valence-corrected chi connectivity index (χ2v) is 6.77. The van der Waals surface area contributed by atoms with Crippen molar-refractivity contribution in [3.05, 3.63) is 65.2 Å². The minimum atomic E-state index is -0.315. The molecule has 27 heavy (non-hydrogen) atoms. The Kier molecular flexibility index (Phi) is 6.52. The highest BCUT2D eigenvalue weighted by atomic mass is 19.1. The van der Waals surface area contributed by atoms with Gasteiger partial charge in [-0.1, -0.05) is 31.0 Å². The molecule has 2 aromatic rings. The molecule has 6 heteroatoms. The summed E-state index contributed by atoms with van der Waals surface area (Å²) in [5, 5.41) is 2.76. The molecule has 0 unspecified atom stereocenters. The van der Waals surface area contributed by atoms with E-state index in [1.165, 1.54) is 18.5 Å². The quantitative estimate of drug-likeness (QED) is 0.880. The number of nitrogens with one attached hydrogen (secondary N) is 1. The maximum atomic E-state index is 13.6. The van der Waals surface area contributed by atoms with Crippen LogP contribution in [0.5, 0.6) is 0 Å². The average Bonchev–Trinajstić information content (AvgIpc) is 2.98. The highest BCUT2D eigenvalue weighted by Gasteiger charge is 2.19. The molecule has 2 heterocycles. The zero-order valence-electron chi connectivity index (χ0n) is 15.3. The summed E-state index contributed by atoms with van der Waals surface area (Å²) < 4.78 is 13.6. The van der Waals surface area contributed by atoms with E-state index in [4.69, 9.17) is 0 Å². The van der Waals surface area contributed by atoms with Gasteiger partial charge in [-0.05, 0) is 37.0 Å². The van der Waals surface area contributed by atoms with E-state index in [0.717, 1.165) is 38.8 Å². The molecule has 0 aliphatic carbocycles. The smallest absolute Gasteiger partial charge is 0.255 e. The standard InChI is InChI=1S/C21H24FN3O2/c22-19-8-4-3-7-16(19)9-10-24-20(26)17-13-18(15-23-14-17)21(27)25-11-5-1-2-6-12-25/h3-4,7-8,13-15H,1-2,5-6,9-12H2,(H,24,26).